The fraction of sp³-hybridized carbons (Fsp3) is 0.348. The zero-order valence-corrected chi connectivity index (χ0v) is 17.3. The molecule has 0 bridgehead atoms. The summed E-state index contributed by atoms with van der Waals surface area (Å²) in [6.07, 6.45) is -0.0405. The molecule has 2 rings (SSSR count). The summed E-state index contributed by atoms with van der Waals surface area (Å²) < 4.78 is 5.16. The van der Waals surface area contributed by atoms with Crippen LogP contribution in [0.4, 0.5) is 5.69 Å². The van der Waals surface area contributed by atoms with Gasteiger partial charge in [0.1, 0.15) is 6.54 Å². The van der Waals surface area contributed by atoms with Crippen LogP contribution in [-0.2, 0) is 14.3 Å². The number of anilines is 1. The van der Waals surface area contributed by atoms with Crippen molar-refractivity contribution in [2.24, 2.45) is 0 Å². The van der Waals surface area contributed by atoms with E-state index in [0.717, 1.165) is 17.5 Å². The molecule has 6 heteroatoms. The van der Waals surface area contributed by atoms with Crippen LogP contribution in [0.15, 0.2) is 48.5 Å². The fourth-order valence-corrected chi connectivity index (χ4v) is 2.83. The molecular weight excluding hydrogens is 368 g/mol. The quantitative estimate of drug-likeness (QED) is 0.665. The van der Waals surface area contributed by atoms with Gasteiger partial charge in [0.2, 0.25) is 0 Å². The summed E-state index contributed by atoms with van der Waals surface area (Å²) in [5, 5.41) is 5.33. The molecule has 0 saturated carbocycles. The molecule has 0 spiro atoms. The molecule has 0 saturated heterocycles. The molecule has 0 fully saturated rings. The minimum atomic E-state index is -0.983. The van der Waals surface area contributed by atoms with Crippen LogP contribution in [0, 0.1) is 6.92 Å². The van der Waals surface area contributed by atoms with E-state index in [1.165, 1.54) is 6.92 Å². The number of aryl methyl sites for hydroxylation is 1. The molecule has 0 aliphatic carbocycles. The first-order chi connectivity index (χ1) is 13.8. The number of ether oxygens (including phenoxy) is 1. The Hall–Kier alpha value is -3.15. The second-order valence-electron chi connectivity index (χ2n) is 7.07. The number of esters is 1. The predicted molar refractivity (Wildman–Crippen MR) is 113 cm³/mol. The second kappa shape index (κ2) is 10.4. The van der Waals surface area contributed by atoms with Gasteiger partial charge in [-0.2, -0.15) is 0 Å². The highest BCUT2D eigenvalue weighted by Crippen LogP contribution is 2.26. The third-order valence-electron chi connectivity index (χ3n) is 4.71. The maximum atomic E-state index is 12.4. The molecule has 29 heavy (non-hydrogen) atoms. The van der Waals surface area contributed by atoms with Crippen LogP contribution in [0.5, 0.6) is 0 Å². The highest BCUT2D eigenvalue weighted by atomic mass is 16.5. The Balaban J connectivity index is 1.88. The summed E-state index contributed by atoms with van der Waals surface area (Å²) in [6.45, 7) is 7.24. The van der Waals surface area contributed by atoms with Gasteiger partial charge in [-0.3, -0.25) is 14.4 Å². The Morgan fingerprint density at radius 3 is 2.45 bits per heavy atom. The second-order valence-corrected chi connectivity index (χ2v) is 7.07. The SMILES string of the molecule is CC[C@H](C)c1ccccc1NC(=O)[C@@H](C)OC(=O)CNC(=O)c1cccc(C)c1. The lowest BCUT2D eigenvalue weighted by molar-refractivity contribution is -0.152. The first-order valence-electron chi connectivity index (χ1n) is 9.76. The Morgan fingerprint density at radius 1 is 1.03 bits per heavy atom. The summed E-state index contributed by atoms with van der Waals surface area (Å²) in [4.78, 5) is 36.5. The van der Waals surface area contributed by atoms with Gasteiger partial charge in [-0.15, -0.1) is 0 Å². The number of benzene rings is 2. The molecule has 6 nitrogen and oxygen atoms in total. The van der Waals surface area contributed by atoms with Crippen molar-refractivity contribution in [1.82, 2.24) is 5.32 Å². The topological polar surface area (TPSA) is 84.5 Å². The highest BCUT2D eigenvalue weighted by molar-refractivity contribution is 5.97. The van der Waals surface area contributed by atoms with Gasteiger partial charge in [-0.1, -0.05) is 49.7 Å². The van der Waals surface area contributed by atoms with E-state index in [4.69, 9.17) is 4.74 Å². The maximum Gasteiger partial charge on any atom is 0.326 e. The molecule has 2 aromatic rings. The number of carbonyl (C=O) groups is 3. The highest BCUT2D eigenvalue weighted by Gasteiger charge is 2.20. The molecule has 2 N–H and O–H groups in total. The minimum absolute atomic E-state index is 0.293. The number of carbonyl (C=O) groups excluding carboxylic acids is 3. The lowest BCUT2D eigenvalue weighted by Gasteiger charge is -2.18. The van der Waals surface area contributed by atoms with Crippen molar-refractivity contribution in [1.29, 1.82) is 0 Å². The van der Waals surface area contributed by atoms with Gasteiger partial charge in [0.15, 0.2) is 6.10 Å². The number of amides is 2. The smallest absolute Gasteiger partial charge is 0.326 e. The molecule has 0 radical (unpaired) electrons. The molecule has 0 heterocycles. The van der Waals surface area contributed by atoms with Gasteiger partial charge in [-0.25, -0.2) is 0 Å². The number of hydrogen-bond acceptors (Lipinski definition) is 4. The van der Waals surface area contributed by atoms with Gasteiger partial charge < -0.3 is 15.4 Å². The predicted octanol–water partition coefficient (Wildman–Crippen LogP) is 3.81. The van der Waals surface area contributed by atoms with Crippen molar-refractivity contribution in [3.05, 3.63) is 65.2 Å². The third-order valence-corrected chi connectivity index (χ3v) is 4.71. The number of para-hydroxylation sites is 1. The van der Waals surface area contributed by atoms with E-state index in [1.54, 1.807) is 18.2 Å². The van der Waals surface area contributed by atoms with E-state index in [9.17, 15) is 14.4 Å². The van der Waals surface area contributed by atoms with Crippen LogP contribution < -0.4 is 10.6 Å². The Morgan fingerprint density at radius 2 is 1.76 bits per heavy atom. The zero-order chi connectivity index (χ0) is 21.4. The molecule has 2 atom stereocenters. The number of rotatable bonds is 8. The van der Waals surface area contributed by atoms with E-state index in [0.29, 0.717) is 17.2 Å². The van der Waals surface area contributed by atoms with Gasteiger partial charge >= 0.3 is 5.97 Å². The van der Waals surface area contributed by atoms with Crippen molar-refractivity contribution < 1.29 is 19.1 Å². The van der Waals surface area contributed by atoms with Gasteiger partial charge in [0.05, 0.1) is 0 Å². The summed E-state index contributed by atoms with van der Waals surface area (Å²) in [7, 11) is 0. The Kier molecular flexibility index (Phi) is 7.95. The standard InChI is InChI=1S/C23H28N2O4/c1-5-16(3)19-11-6-7-12-20(19)25-22(27)17(4)29-21(26)14-24-23(28)18-10-8-9-15(2)13-18/h6-13,16-17H,5,14H2,1-4H3,(H,24,28)(H,25,27)/t16-,17+/m0/s1. The van der Waals surface area contributed by atoms with Crippen molar-refractivity contribution in [2.45, 2.75) is 46.1 Å². The fourth-order valence-electron chi connectivity index (χ4n) is 2.83. The first kappa shape index (κ1) is 22.1. The average Bonchev–Trinajstić information content (AvgIpc) is 2.71. The van der Waals surface area contributed by atoms with Gasteiger partial charge in [-0.05, 0) is 49.9 Å². The molecule has 0 aliphatic heterocycles. The van der Waals surface area contributed by atoms with Crippen molar-refractivity contribution in [3.8, 4) is 0 Å². The van der Waals surface area contributed by atoms with Crippen molar-refractivity contribution in [3.63, 3.8) is 0 Å². The molecule has 0 aromatic heterocycles. The first-order valence-corrected chi connectivity index (χ1v) is 9.76. The Labute approximate surface area is 171 Å². The maximum absolute atomic E-state index is 12.4. The van der Waals surface area contributed by atoms with Crippen molar-refractivity contribution >= 4 is 23.5 Å². The van der Waals surface area contributed by atoms with Crippen LogP contribution in [0.3, 0.4) is 0 Å². The number of hydrogen-bond donors (Lipinski definition) is 2. The van der Waals surface area contributed by atoms with E-state index in [2.05, 4.69) is 24.5 Å². The summed E-state index contributed by atoms with van der Waals surface area (Å²) in [5.74, 6) is -1.17. The number of nitrogens with one attached hydrogen (secondary N) is 2. The summed E-state index contributed by atoms with van der Waals surface area (Å²) in [6, 6.07) is 14.6. The third kappa shape index (κ3) is 6.45. The van der Waals surface area contributed by atoms with E-state index >= 15 is 0 Å². The lowest BCUT2D eigenvalue weighted by atomic mass is 9.97. The Bertz CT molecular complexity index is 879. The van der Waals surface area contributed by atoms with Gasteiger partial charge in [0.25, 0.3) is 11.8 Å². The molecule has 0 unspecified atom stereocenters. The van der Waals surface area contributed by atoms with E-state index in [-0.39, 0.29) is 12.5 Å². The monoisotopic (exact) mass is 396 g/mol. The van der Waals surface area contributed by atoms with Crippen molar-refractivity contribution in [2.75, 3.05) is 11.9 Å². The normalized spacial score (nSPS) is 12.6. The average molecular weight is 396 g/mol. The molecule has 2 aromatic carbocycles. The van der Waals surface area contributed by atoms with E-state index in [1.807, 2.05) is 37.3 Å². The summed E-state index contributed by atoms with van der Waals surface area (Å²) in [5.41, 5.74) is 3.16. The van der Waals surface area contributed by atoms with Gasteiger partial charge in [0, 0.05) is 11.3 Å². The van der Waals surface area contributed by atoms with Crippen LogP contribution in [-0.4, -0.2) is 30.4 Å². The molecule has 154 valence electrons. The minimum Gasteiger partial charge on any atom is -0.451 e. The van der Waals surface area contributed by atoms with Crippen LogP contribution in [0.25, 0.3) is 0 Å². The van der Waals surface area contributed by atoms with E-state index < -0.39 is 18.0 Å². The largest absolute Gasteiger partial charge is 0.451 e. The molecule has 2 amide bonds. The van der Waals surface area contributed by atoms with Crippen LogP contribution in [0.2, 0.25) is 0 Å². The molecular formula is C23H28N2O4. The van der Waals surface area contributed by atoms with Crippen LogP contribution >= 0.6 is 0 Å². The van der Waals surface area contributed by atoms with Crippen LogP contribution in [0.1, 0.15) is 54.6 Å². The molecule has 0 aliphatic rings. The zero-order valence-electron chi connectivity index (χ0n) is 17.3. The lowest BCUT2D eigenvalue weighted by Crippen LogP contribution is -2.36. The summed E-state index contributed by atoms with van der Waals surface area (Å²) >= 11 is 0.